The number of fused-ring (bicyclic) bond motifs is 1. The Morgan fingerprint density at radius 2 is 1.70 bits per heavy atom. The maximum Gasteiger partial charge on any atom is 0.306 e. The number of carbonyl (C=O) groups is 2. The third-order valence-corrected chi connectivity index (χ3v) is 4.76. The van der Waals surface area contributed by atoms with E-state index in [-0.39, 0.29) is 11.8 Å². The van der Waals surface area contributed by atoms with Gasteiger partial charge in [0.1, 0.15) is 0 Å². The molecule has 0 saturated heterocycles. The van der Waals surface area contributed by atoms with E-state index in [1.54, 1.807) is 0 Å². The predicted molar refractivity (Wildman–Crippen MR) is 89.4 cm³/mol. The van der Waals surface area contributed by atoms with Gasteiger partial charge in [0.2, 0.25) is 0 Å². The van der Waals surface area contributed by atoms with Crippen LogP contribution in [0.4, 0.5) is 0 Å². The van der Waals surface area contributed by atoms with Crippen molar-refractivity contribution in [2.75, 3.05) is 6.54 Å². The first-order valence-corrected chi connectivity index (χ1v) is 8.13. The number of hydrogen-bond donors (Lipinski definition) is 2. The van der Waals surface area contributed by atoms with Crippen LogP contribution in [0.2, 0.25) is 0 Å². The first-order valence-electron chi connectivity index (χ1n) is 8.13. The van der Waals surface area contributed by atoms with E-state index >= 15 is 0 Å². The van der Waals surface area contributed by atoms with E-state index in [4.69, 9.17) is 5.11 Å². The van der Waals surface area contributed by atoms with Crippen molar-refractivity contribution in [2.24, 2.45) is 11.8 Å². The summed E-state index contributed by atoms with van der Waals surface area (Å²) in [7, 11) is 0. The molecule has 0 bridgehead atoms. The summed E-state index contributed by atoms with van der Waals surface area (Å²) in [6.07, 6.45) is 3.17. The van der Waals surface area contributed by atoms with Crippen molar-refractivity contribution in [3.8, 4) is 0 Å². The topological polar surface area (TPSA) is 66.4 Å². The maximum atomic E-state index is 12.3. The van der Waals surface area contributed by atoms with Crippen LogP contribution in [-0.4, -0.2) is 23.5 Å². The molecule has 2 aromatic carbocycles. The number of carboxylic acids is 1. The first-order chi connectivity index (χ1) is 11.1. The highest BCUT2D eigenvalue weighted by Gasteiger charge is 2.26. The summed E-state index contributed by atoms with van der Waals surface area (Å²) >= 11 is 0. The highest BCUT2D eigenvalue weighted by atomic mass is 16.4. The molecule has 2 aromatic rings. The molecule has 0 spiro atoms. The number of aliphatic carboxylic acids is 1. The fraction of sp³-hybridized carbons (Fsp3) is 0.368. The molecule has 120 valence electrons. The van der Waals surface area contributed by atoms with Crippen molar-refractivity contribution < 1.29 is 14.7 Å². The minimum absolute atomic E-state index is 0.0592. The molecular weight excluding hydrogens is 290 g/mol. The van der Waals surface area contributed by atoms with Gasteiger partial charge in [-0.2, -0.15) is 0 Å². The van der Waals surface area contributed by atoms with Crippen LogP contribution >= 0.6 is 0 Å². The van der Waals surface area contributed by atoms with Crippen molar-refractivity contribution in [3.05, 3.63) is 48.0 Å². The summed E-state index contributed by atoms with van der Waals surface area (Å²) in [6.45, 7) is 0.623. The summed E-state index contributed by atoms with van der Waals surface area (Å²) in [5.41, 5.74) is 0.669. The predicted octanol–water partition coefficient (Wildman–Crippen LogP) is 3.46. The second-order valence-electron chi connectivity index (χ2n) is 6.33. The average Bonchev–Trinajstić information content (AvgIpc) is 2.59. The van der Waals surface area contributed by atoms with Gasteiger partial charge in [0, 0.05) is 12.1 Å². The van der Waals surface area contributed by atoms with Crippen LogP contribution in [0.15, 0.2) is 42.5 Å². The lowest BCUT2D eigenvalue weighted by atomic mass is 9.82. The Hall–Kier alpha value is -2.36. The number of carboxylic acid groups (broad SMARTS) is 1. The molecule has 2 N–H and O–H groups in total. The summed E-state index contributed by atoms with van der Waals surface area (Å²) in [5.74, 6) is -0.572. The molecular formula is C19H21NO3. The van der Waals surface area contributed by atoms with E-state index in [1.807, 2.05) is 42.5 Å². The third-order valence-electron chi connectivity index (χ3n) is 4.76. The number of nitrogens with one attached hydrogen (secondary N) is 1. The Bertz CT molecular complexity index is 717. The van der Waals surface area contributed by atoms with Gasteiger partial charge in [-0.15, -0.1) is 0 Å². The lowest BCUT2D eigenvalue weighted by Gasteiger charge is -2.26. The SMILES string of the molecule is O=C(NCC1CCC(C(=O)O)CC1)c1ccc2ccccc2c1. The van der Waals surface area contributed by atoms with E-state index in [0.29, 0.717) is 30.9 Å². The molecule has 3 rings (SSSR count). The monoisotopic (exact) mass is 311 g/mol. The summed E-state index contributed by atoms with van der Waals surface area (Å²) in [4.78, 5) is 23.2. The molecule has 23 heavy (non-hydrogen) atoms. The highest BCUT2D eigenvalue weighted by Crippen LogP contribution is 2.28. The molecule has 0 aromatic heterocycles. The standard InChI is InChI=1S/C19H21NO3/c21-18(17-10-9-14-3-1-2-4-16(14)11-17)20-12-13-5-7-15(8-6-13)19(22)23/h1-4,9-11,13,15H,5-8,12H2,(H,20,21)(H,22,23). The van der Waals surface area contributed by atoms with Gasteiger partial charge in [-0.05, 0) is 54.5 Å². The summed E-state index contributed by atoms with van der Waals surface area (Å²) < 4.78 is 0. The lowest BCUT2D eigenvalue weighted by molar-refractivity contribution is -0.143. The molecule has 4 heteroatoms. The molecule has 0 heterocycles. The molecule has 0 radical (unpaired) electrons. The van der Waals surface area contributed by atoms with Crippen LogP contribution in [0.5, 0.6) is 0 Å². The van der Waals surface area contributed by atoms with Crippen molar-refractivity contribution in [1.29, 1.82) is 0 Å². The Labute approximate surface area is 135 Å². The van der Waals surface area contributed by atoms with Crippen molar-refractivity contribution >= 4 is 22.6 Å². The van der Waals surface area contributed by atoms with Crippen LogP contribution in [0.3, 0.4) is 0 Å². The quantitative estimate of drug-likeness (QED) is 0.908. The average molecular weight is 311 g/mol. The van der Waals surface area contributed by atoms with Crippen LogP contribution in [0.1, 0.15) is 36.0 Å². The summed E-state index contributed by atoms with van der Waals surface area (Å²) in [5, 5.41) is 14.2. The maximum absolute atomic E-state index is 12.3. The molecule has 1 fully saturated rings. The van der Waals surface area contributed by atoms with Gasteiger partial charge in [-0.3, -0.25) is 9.59 Å². The van der Waals surface area contributed by atoms with E-state index in [0.717, 1.165) is 23.6 Å². The minimum Gasteiger partial charge on any atom is -0.481 e. The van der Waals surface area contributed by atoms with Gasteiger partial charge in [-0.1, -0.05) is 30.3 Å². The van der Waals surface area contributed by atoms with Crippen molar-refractivity contribution in [2.45, 2.75) is 25.7 Å². The van der Waals surface area contributed by atoms with Gasteiger partial charge < -0.3 is 10.4 Å². The fourth-order valence-electron chi connectivity index (χ4n) is 3.28. The first kappa shape index (κ1) is 15.5. The number of hydrogen-bond acceptors (Lipinski definition) is 2. The molecule has 1 aliphatic rings. The van der Waals surface area contributed by atoms with Gasteiger partial charge >= 0.3 is 5.97 Å². The van der Waals surface area contributed by atoms with Gasteiger partial charge in [0.05, 0.1) is 5.92 Å². The Balaban J connectivity index is 1.55. The zero-order valence-corrected chi connectivity index (χ0v) is 13.0. The molecule has 0 aliphatic heterocycles. The van der Waals surface area contributed by atoms with E-state index in [9.17, 15) is 9.59 Å². The van der Waals surface area contributed by atoms with Crippen molar-refractivity contribution in [1.82, 2.24) is 5.32 Å². The molecule has 4 nitrogen and oxygen atoms in total. The Kier molecular flexibility index (Phi) is 4.60. The number of amides is 1. The zero-order valence-electron chi connectivity index (χ0n) is 13.0. The normalized spacial score (nSPS) is 21.0. The van der Waals surface area contributed by atoms with Gasteiger partial charge in [0.25, 0.3) is 5.91 Å². The second-order valence-corrected chi connectivity index (χ2v) is 6.33. The molecule has 1 amide bonds. The van der Waals surface area contributed by atoms with E-state index < -0.39 is 5.97 Å². The van der Waals surface area contributed by atoms with Gasteiger partial charge in [0.15, 0.2) is 0 Å². The summed E-state index contributed by atoms with van der Waals surface area (Å²) in [6, 6.07) is 13.7. The van der Waals surface area contributed by atoms with Crippen molar-refractivity contribution in [3.63, 3.8) is 0 Å². The van der Waals surface area contributed by atoms with Crippen LogP contribution in [0, 0.1) is 11.8 Å². The van der Waals surface area contributed by atoms with E-state index in [1.165, 1.54) is 0 Å². The molecule has 1 aliphatic carbocycles. The van der Waals surface area contributed by atoms with Gasteiger partial charge in [-0.25, -0.2) is 0 Å². The largest absolute Gasteiger partial charge is 0.481 e. The van der Waals surface area contributed by atoms with Crippen LogP contribution in [0.25, 0.3) is 10.8 Å². The smallest absolute Gasteiger partial charge is 0.306 e. The highest BCUT2D eigenvalue weighted by molar-refractivity contribution is 5.98. The molecule has 0 unspecified atom stereocenters. The molecule has 0 atom stereocenters. The Morgan fingerprint density at radius 1 is 1.00 bits per heavy atom. The zero-order chi connectivity index (χ0) is 16.2. The number of benzene rings is 2. The lowest BCUT2D eigenvalue weighted by Crippen LogP contribution is -2.32. The van der Waals surface area contributed by atoms with Crippen LogP contribution < -0.4 is 5.32 Å². The van der Waals surface area contributed by atoms with E-state index in [2.05, 4.69) is 5.32 Å². The fourth-order valence-corrected chi connectivity index (χ4v) is 3.28. The number of rotatable bonds is 4. The number of carbonyl (C=O) groups excluding carboxylic acids is 1. The Morgan fingerprint density at radius 3 is 2.39 bits per heavy atom. The second kappa shape index (κ2) is 6.82. The molecule has 1 saturated carbocycles. The third kappa shape index (κ3) is 3.70. The minimum atomic E-state index is -0.691. The van der Waals surface area contributed by atoms with Crippen LogP contribution in [-0.2, 0) is 4.79 Å².